The van der Waals surface area contributed by atoms with Crippen molar-refractivity contribution in [2.75, 3.05) is 6.61 Å². The van der Waals surface area contributed by atoms with Crippen molar-refractivity contribution in [1.29, 1.82) is 0 Å². The minimum absolute atomic E-state index is 0.0331. The summed E-state index contributed by atoms with van der Waals surface area (Å²) in [5.41, 5.74) is 3.57. The van der Waals surface area contributed by atoms with E-state index in [2.05, 4.69) is 5.32 Å². The molecule has 6 nitrogen and oxygen atoms in total. The number of amides is 1. The first-order chi connectivity index (χ1) is 14.2. The summed E-state index contributed by atoms with van der Waals surface area (Å²) >= 11 is 0. The van der Waals surface area contributed by atoms with Crippen LogP contribution in [0.15, 0.2) is 48.5 Å². The molecule has 0 unspecified atom stereocenters. The normalized spacial score (nSPS) is 15.6. The minimum Gasteiger partial charge on any atom is -0.480 e. The molecule has 0 heterocycles. The second-order valence-corrected chi connectivity index (χ2v) is 7.87. The number of aliphatic carboxylic acids is 1. The van der Waals surface area contributed by atoms with Crippen LogP contribution in [0.1, 0.15) is 46.1 Å². The van der Waals surface area contributed by atoms with Crippen molar-refractivity contribution in [3.8, 4) is 11.1 Å². The average Bonchev–Trinajstić information content (AvgIpc) is 3.03. The molecule has 1 aliphatic rings. The first-order valence-electron chi connectivity index (χ1n) is 10.3. The van der Waals surface area contributed by atoms with Crippen LogP contribution < -0.4 is 5.32 Å². The Labute approximate surface area is 172 Å². The van der Waals surface area contributed by atoms with Gasteiger partial charge in [0.05, 0.1) is 11.7 Å². The third-order valence-electron chi connectivity index (χ3n) is 4.86. The Kier molecular flexibility index (Phi) is 5.53. The van der Waals surface area contributed by atoms with Gasteiger partial charge in [-0.3, -0.25) is 0 Å². The van der Waals surface area contributed by atoms with E-state index in [0.29, 0.717) is 0 Å². The van der Waals surface area contributed by atoms with E-state index in [9.17, 15) is 14.7 Å². The van der Waals surface area contributed by atoms with E-state index in [1.165, 1.54) is 0 Å². The molecule has 1 aliphatic carbocycles. The average molecular weight is 398 g/mol. The highest BCUT2D eigenvalue weighted by atomic mass is 16.6. The lowest BCUT2D eigenvalue weighted by molar-refractivity contribution is -0.147. The summed E-state index contributed by atoms with van der Waals surface area (Å²) in [6.45, 7) is 5.01. The summed E-state index contributed by atoms with van der Waals surface area (Å²) in [7, 11) is 0. The number of fused-ring (bicyclic) bond motifs is 3. The molecule has 2 aromatic carbocycles. The van der Waals surface area contributed by atoms with Crippen molar-refractivity contribution in [2.45, 2.75) is 51.3 Å². The van der Waals surface area contributed by atoms with Gasteiger partial charge in [0.2, 0.25) is 0 Å². The summed E-state index contributed by atoms with van der Waals surface area (Å²) in [5, 5.41) is 11.9. The molecule has 0 saturated heterocycles. The van der Waals surface area contributed by atoms with E-state index in [0.717, 1.165) is 22.3 Å². The zero-order chi connectivity index (χ0) is 21.9. The van der Waals surface area contributed by atoms with E-state index in [4.69, 9.17) is 10.8 Å². The van der Waals surface area contributed by atoms with Crippen molar-refractivity contribution < 1.29 is 25.5 Å². The molecule has 2 atom stereocenters. The molecule has 0 bridgehead atoms. The van der Waals surface area contributed by atoms with Gasteiger partial charge in [-0.1, -0.05) is 48.5 Å². The lowest BCUT2D eigenvalue weighted by Crippen LogP contribution is -2.50. The Balaban J connectivity index is 1.67. The number of hydrogen-bond acceptors (Lipinski definition) is 4. The molecular weight excluding hydrogens is 370 g/mol. The monoisotopic (exact) mass is 398 g/mol. The van der Waals surface area contributed by atoms with Gasteiger partial charge < -0.3 is 19.9 Å². The number of alkyl carbamates (subject to hydrolysis) is 1. The maximum atomic E-state index is 12.4. The number of ether oxygens (including phenoxy) is 2. The second kappa shape index (κ2) is 8.25. The van der Waals surface area contributed by atoms with Crippen LogP contribution in [0.4, 0.5) is 4.79 Å². The fourth-order valence-electron chi connectivity index (χ4n) is 3.72. The molecule has 0 fully saturated rings. The molecule has 0 saturated carbocycles. The van der Waals surface area contributed by atoms with Gasteiger partial charge >= 0.3 is 12.1 Å². The molecular formula is C23H27NO5. The summed E-state index contributed by atoms with van der Waals surface area (Å²) in [4.78, 5) is 24.0. The SMILES string of the molecule is [2H]CC(C)(C)O[C@@H](C)[C@@H](NC(=O)OCC1c2ccccc2-c2ccccc21)C(=O)O. The van der Waals surface area contributed by atoms with Gasteiger partial charge in [0.1, 0.15) is 6.61 Å². The number of carboxylic acids is 1. The van der Waals surface area contributed by atoms with Crippen LogP contribution >= 0.6 is 0 Å². The Hall–Kier alpha value is -2.86. The van der Waals surface area contributed by atoms with Crippen LogP contribution in [0.5, 0.6) is 0 Å². The Bertz CT molecular complexity index is 884. The molecule has 2 N–H and O–H groups in total. The van der Waals surface area contributed by atoms with Gasteiger partial charge in [0.15, 0.2) is 6.04 Å². The van der Waals surface area contributed by atoms with Crippen molar-refractivity contribution in [3.63, 3.8) is 0 Å². The van der Waals surface area contributed by atoms with Crippen LogP contribution in [-0.4, -0.2) is 41.5 Å². The molecule has 1 amide bonds. The lowest BCUT2D eigenvalue weighted by atomic mass is 9.98. The maximum Gasteiger partial charge on any atom is 0.407 e. The second-order valence-electron chi connectivity index (χ2n) is 7.87. The van der Waals surface area contributed by atoms with Gasteiger partial charge in [-0.25, -0.2) is 9.59 Å². The number of carbonyl (C=O) groups is 2. The highest BCUT2D eigenvalue weighted by Crippen LogP contribution is 2.44. The molecule has 0 spiro atoms. The van der Waals surface area contributed by atoms with Crippen LogP contribution in [0, 0.1) is 0 Å². The Morgan fingerprint density at radius 2 is 1.69 bits per heavy atom. The van der Waals surface area contributed by atoms with Gasteiger partial charge in [-0.15, -0.1) is 0 Å². The Morgan fingerprint density at radius 1 is 1.14 bits per heavy atom. The highest BCUT2D eigenvalue weighted by Gasteiger charge is 2.32. The van der Waals surface area contributed by atoms with Gasteiger partial charge in [0.25, 0.3) is 0 Å². The minimum atomic E-state index is -1.29. The predicted molar refractivity (Wildman–Crippen MR) is 110 cm³/mol. The van der Waals surface area contributed by atoms with E-state index in [-0.39, 0.29) is 19.4 Å². The summed E-state index contributed by atoms with van der Waals surface area (Å²) in [6, 6.07) is 14.7. The quantitative estimate of drug-likeness (QED) is 0.762. The van der Waals surface area contributed by atoms with E-state index in [1.807, 2.05) is 48.5 Å². The van der Waals surface area contributed by atoms with Crippen molar-refractivity contribution in [2.24, 2.45) is 0 Å². The fourth-order valence-corrected chi connectivity index (χ4v) is 3.72. The largest absolute Gasteiger partial charge is 0.480 e. The smallest absolute Gasteiger partial charge is 0.407 e. The van der Waals surface area contributed by atoms with Crippen LogP contribution in [0.2, 0.25) is 0 Å². The third kappa shape index (κ3) is 4.77. The number of carbonyl (C=O) groups excluding carboxylic acids is 1. The van der Waals surface area contributed by atoms with Crippen LogP contribution in [0.3, 0.4) is 0 Å². The predicted octanol–water partition coefficient (Wildman–Crippen LogP) is 4.18. The highest BCUT2D eigenvalue weighted by molar-refractivity contribution is 5.81. The lowest BCUT2D eigenvalue weighted by Gasteiger charge is -2.29. The molecule has 6 heteroatoms. The molecule has 0 aliphatic heterocycles. The van der Waals surface area contributed by atoms with E-state index >= 15 is 0 Å². The number of carboxylic acid groups (broad SMARTS) is 1. The van der Waals surface area contributed by atoms with Crippen molar-refractivity contribution in [1.82, 2.24) is 5.32 Å². The molecule has 0 radical (unpaired) electrons. The Morgan fingerprint density at radius 3 is 2.21 bits per heavy atom. The number of benzene rings is 2. The van der Waals surface area contributed by atoms with E-state index < -0.39 is 29.8 Å². The topological polar surface area (TPSA) is 84.9 Å². The third-order valence-corrected chi connectivity index (χ3v) is 4.86. The standard InChI is InChI=1S/C23H27NO5/c1-14(29-23(2,3)4)20(21(25)26)24-22(27)28-13-19-17-11-7-5-9-15(17)16-10-6-8-12-18(16)19/h5-12,14,19-20H,13H2,1-4H3,(H,24,27)(H,25,26)/t14-,20+/m0/s1/i2D. The van der Waals surface area contributed by atoms with Crippen LogP contribution in [0.25, 0.3) is 11.1 Å². The molecule has 3 rings (SSSR count). The van der Waals surface area contributed by atoms with Crippen molar-refractivity contribution >= 4 is 12.1 Å². The first-order valence-corrected chi connectivity index (χ1v) is 9.55. The molecule has 0 aromatic heterocycles. The van der Waals surface area contributed by atoms with E-state index in [1.54, 1.807) is 20.8 Å². The number of nitrogens with one attached hydrogen (secondary N) is 1. The molecule has 154 valence electrons. The fraction of sp³-hybridized carbons (Fsp3) is 0.391. The molecule has 2 aromatic rings. The maximum absolute atomic E-state index is 12.4. The summed E-state index contributed by atoms with van der Waals surface area (Å²) < 4.78 is 18.5. The summed E-state index contributed by atoms with van der Waals surface area (Å²) in [6.07, 6.45) is -1.65. The zero-order valence-electron chi connectivity index (χ0n) is 17.8. The summed E-state index contributed by atoms with van der Waals surface area (Å²) in [5.74, 6) is -1.33. The van der Waals surface area contributed by atoms with Gasteiger partial charge in [-0.05, 0) is 49.9 Å². The zero-order valence-corrected chi connectivity index (χ0v) is 16.8. The van der Waals surface area contributed by atoms with Gasteiger partial charge in [0, 0.05) is 7.29 Å². The van der Waals surface area contributed by atoms with Gasteiger partial charge in [-0.2, -0.15) is 0 Å². The van der Waals surface area contributed by atoms with Crippen LogP contribution in [-0.2, 0) is 14.3 Å². The number of rotatable bonds is 6. The van der Waals surface area contributed by atoms with Crippen molar-refractivity contribution in [3.05, 3.63) is 59.7 Å². The molecule has 29 heavy (non-hydrogen) atoms. The number of hydrogen-bond donors (Lipinski definition) is 2. The first kappa shape index (κ1) is 19.5.